The zero-order valence-electron chi connectivity index (χ0n) is 14.9. The summed E-state index contributed by atoms with van der Waals surface area (Å²) in [6, 6.07) is 11.5. The molecule has 25 heavy (non-hydrogen) atoms. The van der Waals surface area contributed by atoms with Gasteiger partial charge in [0, 0.05) is 24.3 Å². The van der Waals surface area contributed by atoms with Gasteiger partial charge < -0.3 is 20.1 Å². The monoisotopic (exact) mass is 343 g/mol. The topological polar surface area (TPSA) is 72.5 Å². The van der Waals surface area contributed by atoms with Gasteiger partial charge in [-0.15, -0.1) is 0 Å². The third kappa shape index (κ3) is 6.43. The Hall–Kier alpha value is -2.60. The van der Waals surface area contributed by atoms with Crippen molar-refractivity contribution in [2.75, 3.05) is 13.7 Å². The van der Waals surface area contributed by atoms with Crippen molar-refractivity contribution >= 4 is 5.91 Å². The molecule has 1 heterocycles. The van der Waals surface area contributed by atoms with Crippen LogP contribution in [-0.4, -0.2) is 30.6 Å². The Kier molecular flexibility index (Phi) is 7.22. The van der Waals surface area contributed by atoms with Crippen LogP contribution in [0.3, 0.4) is 0 Å². The zero-order valence-corrected chi connectivity index (χ0v) is 14.9. The molecule has 0 saturated carbocycles. The van der Waals surface area contributed by atoms with Gasteiger partial charge in [-0.3, -0.25) is 9.78 Å². The first kappa shape index (κ1) is 18.7. The lowest BCUT2D eigenvalue weighted by Gasteiger charge is -2.14. The lowest BCUT2D eigenvalue weighted by molar-refractivity contribution is -0.120. The molecule has 2 rings (SSSR count). The standard InChI is InChI=1S/C19H25N3O3/c1-14(2)22-19(23)12-20-11-15-10-17(24-3)7-8-18(15)25-13-16-6-4-5-9-21-16/h4-10,14,20H,11-13H2,1-3H3,(H,22,23). The smallest absolute Gasteiger partial charge is 0.234 e. The van der Waals surface area contributed by atoms with E-state index < -0.39 is 0 Å². The molecule has 0 unspecified atom stereocenters. The maximum Gasteiger partial charge on any atom is 0.234 e. The first-order valence-electron chi connectivity index (χ1n) is 8.28. The number of methoxy groups -OCH3 is 1. The summed E-state index contributed by atoms with van der Waals surface area (Å²) >= 11 is 0. The average Bonchev–Trinajstić information content (AvgIpc) is 2.60. The molecule has 134 valence electrons. The molecule has 6 heteroatoms. The molecule has 0 spiro atoms. The van der Waals surface area contributed by atoms with Gasteiger partial charge >= 0.3 is 0 Å². The fourth-order valence-electron chi connectivity index (χ4n) is 2.28. The Balaban J connectivity index is 1.98. The van der Waals surface area contributed by atoms with E-state index in [9.17, 15) is 4.79 Å². The maximum absolute atomic E-state index is 11.7. The van der Waals surface area contributed by atoms with Gasteiger partial charge in [-0.05, 0) is 44.2 Å². The number of nitrogens with zero attached hydrogens (tertiary/aromatic N) is 1. The van der Waals surface area contributed by atoms with Gasteiger partial charge in [0.25, 0.3) is 0 Å². The quantitative estimate of drug-likeness (QED) is 0.731. The minimum atomic E-state index is -0.0335. The Morgan fingerprint density at radius 3 is 2.76 bits per heavy atom. The van der Waals surface area contributed by atoms with Crippen LogP contribution in [0.2, 0.25) is 0 Å². The van der Waals surface area contributed by atoms with E-state index in [4.69, 9.17) is 9.47 Å². The fraction of sp³-hybridized carbons (Fsp3) is 0.368. The highest BCUT2D eigenvalue weighted by Gasteiger charge is 2.08. The molecule has 0 aliphatic carbocycles. The van der Waals surface area contributed by atoms with Crippen molar-refractivity contribution in [1.82, 2.24) is 15.6 Å². The van der Waals surface area contributed by atoms with Gasteiger partial charge in [0.1, 0.15) is 18.1 Å². The molecule has 2 aromatic rings. The first-order valence-corrected chi connectivity index (χ1v) is 8.28. The number of aromatic nitrogens is 1. The summed E-state index contributed by atoms with van der Waals surface area (Å²) in [4.78, 5) is 16.0. The summed E-state index contributed by atoms with van der Waals surface area (Å²) < 4.78 is 11.2. The van der Waals surface area contributed by atoms with Crippen LogP contribution in [0, 0.1) is 0 Å². The summed E-state index contributed by atoms with van der Waals surface area (Å²) in [5, 5.41) is 5.98. The summed E-state index contributed by atoms with van der Waals surface area (Å²) in [5.74, 6) is 1.45. The van der Waals surface area contributed by atoms with Gasteiger partial charge in [-0.2, -0.15) is 0 Å². The molecule has 1 aromatic heterocycles. The van der Waals surface area contributed by atoms with Crippen LogP contribution in [0.4, 0.5) is 0 Å². The van der Waals surface area contributed by atoms with Crippen LogP contribution in [0.25, 0.3) is 0 Å². The van der Waals surface area contributed by atoms with Crippen molar-refractivity contribution in [3.8, 4) is 11.5 Å². The van der Waals surface area contributed by atoms with Crippen LogP contribution < -0.4 is 20.1 Å². The average molecular weight is 343 g/mol. The fourth-order valence-corrected chi connectivity index (χ4v) is 2.28. The van der Waals surface area contributed by atoms with E-state index in [1.165, 1.54) is 0 Å². The Bertz CT molecular complexity index is 675. The number of pyridine rings is 1. The van der Waals surface area contributed by atoms with E-state index in [1.54, 1.807) is 13.3 Å². The van der Waals surface area contributed by atoms with Gasteiger partial charge in [-0.25, -0.2) is 0 Å². The molecule has 0 fully saturated rings. The van der Waals surface area contributed by atoms with Crippen molar-refractivity contribution in [2.45, 2.75) is 33.0 Å². The van der Waals surface area contributed by atoms with Crippen LogP contribution in [0.15, 0.2) is 42.6 Å². The largest absolute Gasteiger partial charge is 0.497 e. The van der Waals surface area contributed by atoms with Gasteiger partial charge in [-0.1, -0.05) is 6.07 Å². The molecule has 0 saturated heterocycles. The van der Waals surface area contributed by atoms with E-state index in [2.05, 4.69) is 15.6 Å². The third-order valence-electron chi connectivity index (χ3n) is 3.42. The Labute approximate surface area is 148 Å². The van der Waals surface area contributed by atoms with Crippen molar-refractivity contribution in [1.29, 1.82) is 0 Å². The predicted molar refractivity (Wildman–Crippen MR) is 96.5 cm³/mol. The minimum Gasteiger partial charge on any atom is -0.497 e. The van der Waals surface area contributed by atoms with Crippen LogP contribution in [0.1, 0.15) is 25.1 Å². The summed E-state index contributed by atoms with van der Waals surface area (Å²) in [6.45, 7) is 5.00. The molecule has 0 aliphatic rings. The number of carbonyl (C=O) groups excluding carboxylic acids is 1. The summed E-state index contributed by atoms with van der Waals surface area (Å²) in [6.07, 6.45) is 1.74. The number of carbonyl (C=O) groups is 1. The number of amides is 1. The van der Waals surface area contributed by atoms with E-state index >= 15 is 0 Å². The van der Waals surface area contributed by atoms with E-state index in [0.29, 0.717) is 13.2 Å². The third-order valence-corrected chi connectivity index (χ3v) is 3.42. The number of nitrogens with one attached hydrogen (secondary N) is 2. The highest BCUT2D eigenvalue weighted by molar-refractivity contribution is 5.78. The second-order valence-corrected chi connectivity index (χ2v) is 5.91. The molecule has 0 bridgehead atoms. The SMILES string of the molecule is COc1ccc(OCc2ccccn2)c(CNCC(=O)NC(C)C)c1. The van der Waals surface area contributed by atoms with E-state index in [-0.39, 0.29) is 18.5 Å². The van der Waals surface area contributed by atoms with Crippen molar-refractivity contribution in [3.63, 3.8) is 0 Å². The summed E-state index contributed by atoms with van der Waals surface area (Å²) in [7, 11) is 1.62. The predicted octanol–water partition coefficient (Wildman–Crippen LogP) is 2.28. The number of hydrogen-bond acceptors (Lipinski definition) is 5. The zero-order chi connectivity index (χ0) is 18.1. The molecular weight excluding hydrogens is 318 g/mol. The van der Waals surface area contributed by atoms with E-state index in [1.807, 2.05) is 50.2 Å². The van der Waals surface area contributed by atoms with Gasteiger partial charge in [0.05, 0.1) is 19.3 Å². The minimum absolute atomic E-state index is 0.0335. The van der Waals surface area contributed by atoms with Crippen LogP contribution in [0.5, 0.6) is 11.5 Å². The van der Waals surface area contributed by atoms with Crippen LogP contribution in [-0.2, 0) is 17.9 Å². The molecule has 0 atom stereocenters. The van der Waals surface area contributed by atoms with Crippen LogP contribution >= 0.6 is 0 Å². The van der Waals surface area contributed by atoms with Crippen molar-refractivity contribution in [2.24, 2.45) is 0 Å². The summed E-state index contributed by atoms with van der Waals surface area (Å²) in [5.41, 5.74) is 1.78. The molecule has 1 amide bonds. The Morgan fingerprint density at radius 1 is 1.24 bits per heavy atom. The first-order chi connectivity index (χ1) is 12.1. The van der Waals surface area contributed by atoms with Gasteiger partial charge in [0.15, 0.2) is 0 Å². The lowest BCUT2D eigenvalue weighted by Crippen LogP contribution is -2.37. The highest BCUT2D eigenvalue weighted by Crippen LogP contribution is 2.24. The molecule has 0 radical (unpaired) electrons. The number of benzene rings is 1. The van der Waals surface area contributed by atoms with Gasteiger partial charge in [0.2, 0.25) is 5.91 Å². The number of rotatable bonds is 9. The van der Waals surface area contributed by atoms with E-state index in [0.717, 1.165) is 22.8 Å². The second-order valence-electron chi connectivity index (χ2n) is 5.91. The number of ether oxygens (including phenoxy) is 2. The normalized spacial score (nSPS) is 10.6. The number of hydrogen-bond donors (Lipinski definition) is 2. The second kappa shape index (κ2) is 9.64. The molecule has 0 aliphatic heterocycles. The lowest BCUT2D eigenvalue weighted by atomic mass is 10.2. The molecular formula is C19H25N3O3. The maximum atomic E-state index is 11.7. The molecule has 2 N–H and O–H groups in total. The molecule has 1 aromatic carbocycles. The van der Waals surface area contributed by atoms with Crippen molar-refractivity contribution in [3.05, 3.63) is 53.9 Å². The van der Waals surface area contributed by atoms with Crippen molar-refractivity contribution < 1.29 is 14.3 Å². The highest BCUT2D eigenvalue weighted by atomic mass is 16.5. The Morgan fingerprint density at radius 2 is 2.08 bits per heavy atom. The molecule has 6 nitrogen and oxygen atoms in total.